The second-order valence-corrected chi connectivity index (χ2v) is 15.2. The molecule has 2 aliphatic rings. The Labute approximate surface area is 338 Å². The Hall–Kier alpha value is -5.61. The van der Waals surface area contributed by atoms with Crippen LogP contribution in [0.25, 0.3) is 6.08 Å². The van der Waals surface area contributed by atoms with Gasteiger partial charge in [-0.2, -0.15) is 0 Å². The minimum absolute atomic E-state index is 0.0343. The van der Waals surface area contributed by atoms with E-state index in [-0.39, 0.29) is 24.3 Å². The van der Waals surface area contributed by atoms with Crippen molar-refractivity contribution in [3.63, 3.8) is 0 Å². The molecule has 4 aromatic carbocycles. The lowest BCUT2D eigenvalue weighted by Crippen LogP contribution is -2.56. The molecule has 0 spiro atoms. The van der Waals surface area contributed by atoms with E-state index in [1.54, 1.807) is 17.9 Å². The van der Waals surface area contributed by atoms with Gasteiger partial charge in [0.25, 0.3) is 0 Å². The van der Waals surface area contributed by atoms with Gasteiger partial charge < -0.3 is 29.2 Å². The van der Waals surface area contributed by atoms with Crippen molar-refractivity contribution in [3.8, 4) is 5.75 Å². The third kappa shape index (κ3) is 11.5. The highest BCUT2D eigenvalue weighted by Crippen LogP contribution is 2.23. The van der Waals surface area contributed by atoms with Gasteiger partial charge in [0.2, 0.25) is 17.7 Å². The molecule has 0 saturated carbocycles. The number of hydrogen-bond donors (Lipinski definition) is 0. The Balaban J connectivity index is 1.22. The Morgan fingerprint density at radius 2 is 1.35 bits per heavy atom. The van der Waals surface area contributed by atoms with Crippen molar-refractivity contribution < 1.29 is 19.1 Å². The molecular formula is C47H58N6O4. The lowest BCUT2D eigenvalue weighted by molar-refractivity contribution is -0.145. The number of carbonyl (C=O) groups is 3. The molecule has 0 unspecified atom stereocenters. The molecule has 0 radical (unpaired) electrons. The highest BCUT2D eigenvalue weighted by molar-refractivity contribution is 5.96. The van der Waals surface area contributed by atoms with Gasteiger partial charge in [0.05, 0.1) is 6.61 Å². The van der Waals surface area contributed by atoms with Crippen LogP contribution in [0.4, 0.5) is 11.4 Å². The molecule has 4 aromatic rings. The standard InChI is InChI=1S/C47H58N6O4/c1-5-33-57-44-22-15-38(16-23-44)17-24-46(55)53(36-41-13-20-43(21-14-41)51-31-29-50(30-32-51)37(2)54)45(34-39-9-7-6-8-10-39)47(56)52-27-25-49(26-28-52)35-40-11-18-42(19-12-40)48(3)4/h6-24,45H,5,25-36H2,1-4H3/b24-17+/t45-/m0/s1. The first-order chi connectivity index (χ1) is 27.7. The third-order valence-corrected chi connectivity index (χ3v) is 10.9. The van der Waals surface area contributed by atoms with Crippen LogP contribution in [0.1, 0.15) is 42.5 Å². The van der Waals surface area contributed by atoms with Crippen LogP contribution in [0.2, 0.25) is 0 Å². The van der Waals surface area contributed by atoms with E-state index in [9.17, 15) is 14.4 Å². The van der Waals surface area contributed by atoms with Crippen molar-refractivity contribution in [1.82, 2.24) is 19.6 Å². The van der Waals surface area contributed by atoms with Crippen LogP contribution < -0.4 is 14.5 Å². The van der Waals surface area contributed by atoms with Gasteiger partial charge in [0.15, 0.2) is 0 Å². The van der Waals surface area contributed by atoms with Gasteiger partial charge in [0.1, 0.15) is 11.8 Å². The van der Waals surface area contributed by atoms with Crippen LogP contribution in [-0.4, -0.2) is 116 Å². The summed E-state index contributed by atoms with van der Waals surface area (Å²) < 4.78 is 5.76. The number of ether oxygens (including phenoxy) is 1. The minimum atomic E-state index is -0.709. The van der Waals surface area contributed by atoms with Crippen molar-refractivity contribution in [2.75, 3.05) is 82.9 Å². The zero-order chi connectivity index (χ0) is 40.1. The summed E-state index contributed by atoms with van der Waals surface area (Å²) in [5.41, 5.74) is 6.31. The SMILES string of the molecule is CCCOc1ccc(/C=C/C(=O)N(Cc2ccc(N3CCN(C(C)=O)CC3)cc2)[C@@H](Cc2ccccc2)C(=O)N2CCN(Cc3ccc(N(C)C)cc3)CC2)cc1. The van der Waals surface area contributed by atoms with Crippen LogP contribution in [0, 0.1) is 0 Å². The normalized spacial score (nSPS) is 15.4. The maximum Gasteiger partial charge on any atom is 0.247 e. The largest absolute Gasteiger partial charge is 0.494 e. The summed E-state index contributed by atoms with van der Waals surface area (Å²) >= 11 is 0. The number of benzene rings is 4. The molecule has 0 bridgehead atoms. The Morgan fingerprint density at radius 1 is 0.719 bits per heavy atom. The summed E-state index contributed by atoms with van der Waals surface area (Å²) in [5.74, 6) is 0.643. The van der Waals surface area contributed by atoms with E-state index in [1.807, 2.05) is 84.6 Å². The molecule has 0 aliphatic carbocycles. The van der Waals surface area contributed by atoms with E-state index in [0.29, 0.717) is 39.2 Å². The lowest BCUT2D eigenvalue weighted by Gasteiger charge is -2.39. The van der Waals surface area contributed by atoms with Gasteiger partial charge in [-0.3, -0.25) is 19.3 Å². The number of piperazine rings is 2. The van der Waals surface area contributed by atoms with Gasteiger partial charge in [-0.05, 0) is 71.1 Å². The van der Waals surface area contributed by atoms with E-state index in [0.717, 1.165) is 67.3 Å². The maximum atomic E-state index is 14.8. The number of carbonyl (C=O) groups excluding carboxylic acids is 3. The molecule has 2 heterocycles. The quantitative estimate of drug-likeness (QED) is 0.133. The predicted octanol–water partition coefficient (Wildman–Crippen LogP) is 6.21. The number of anilines is 2. The van der Waals surface area contributed by atoms with Crippen LogP contribution in [0.15, 0.2) is 109 Å². The van der Waals surface area contributed by atoms with E-state index in [1.165, 1.54) is 11.3 Å². The fourth-order valence-corrected chi connectivity index (χ4v) is 7.45. The molecule has 2 fully saturated rings. The molecule has 6 rings (SSSR count). The van der Waals surface area contributed by atoms with E-state index >= 15 is 0 Å². The van der Waals surface area contributed by atoms with Crippen molar-refractivity contribution in [1.29, 1.82) is 0 Å². The predicted molar refractivity (Wildman–Crippen MR) is 229 cm³/mol. The lowest BCUT2D eigenvalue weighted by atomic mass is 10.0. The summed E-state index contributed by atoms with van der Waals surface area (Å²) in [4.78, 5) is 53.5. The van der Waals surface area contributed by atoms with E-state index in [4.69, 9.17) is 4.74 Å². The zero-order valence-corrected chi connectivity index (χ0v) is 34.1. The highest BCUT2D eigenvalue weighted by Gasteiger charge is 2.34. The van der Waals surface area contributed by atoms with Gasteiger partial charge in [-0.25, -0.2) is 0 Å². The van der Waals surface area contributed by atoms with Crippen molar-refractivity contribution in [2.45, 2.75) is 45.8 Å². The average Bonchev–Trinajstić information content (AvgIpc) is 3.24. The zero-order valence-electron chi connectivity index (χ0n) is 34.1. The average molecular weight is 771 g/mol. The van der Waals surface area contributed by atoms with Crippen molar-refractivity contribution in [3.05, 3.63) is 131 Å². The summed E-state index contributed by atoms with van der Waals surface area (Å²) in [6.07, 6.45) is 4.74. The molecule has 10 nitrogen and oxygen atoms in total. The minimum Gasteiger partial charge on any atom is -0.494 e. The van der Waals surface area contributed by atoms with Gasteiger partial charge >= 0.3 is 0 Å². The van der Waals surface area contributed by atoms with Crippen molar-refractivity contribution in [2.24, 2.45) is 0 Å². The molecule has 10 heteroatoms. The monoisotopic (exact) mass is 770 g/mol. The number of amides is 3. The molecular weight excluding hydrogens is 713 g/mol. The molecule has 0 aromatic heterocycles. The molecule has 300 valence electrons. The summed E-state index contributed by atoms with van der Waals surface area (Å²) in [5, 5.41) is 0. The highest BCUT2D eigenvalue weighted by atomic mass is 16.5. The smallest absolute Gasteiger partial charge is 0.247 e. The second kappa shape index (κ2) is 20.0. The number of hydrogen-bond acceptors (Lipinski definition) is 7. The summed E-state index contributed by atoms with van der Waals surface area (Å²) in [7, 11) is 4.09. The van der Waals surface area contributed by atoms with E-state index < -0.39 is 6.04 Å². The van der Waals surface area contributed by atoms with Crippen LogP contribution in [0.5, 0.6) is 5.75 Å². The molecule has 3 amide bonds. The summed E-state index contributed by atoms with van der Waals surface area (Å²) in [6, 6.07) is 33.9. The van der Waals surface area contributed by atoms with Gasteiger partial charge in [0, 0.05) is 110 Å². The number of nitrogens with zero attached hydrogens (tertiary/aromatic N) is 6. The Kier molecular flexibility index (Phi) is 14.4. The fraction of sp³-hybridized carbons (Fsp3) is 0.383. The number of rotatable bonds is 15. The molecule has 57 heavy (non-hydrogen) atoms. The fourth-order valence-electron chi connectivity index (χ4n) is 7.45. The van der Waals surface area contributed by atoms with E-state index in [2.05, 4.69) is 70.2 Å². The van der Waals surface area contributed by atoms with Crippen molar-refractivity contribution >= 4 is 35.2 Å². The van der Waals surface area contributed by atoms with Crippen LogP contribution >= 0.6 is 0 Å². The Morgan fingerprint density at radius 3 is 1.96 bits per heavy atom. The molecule has 2 saturated heterocycles. The first-order valence-electron chi connectivity index (χ1n) is 20.3. The third-order valence-electron chi connectivity index (χ3n) is 10.9. The first-order valence-corrected chi connectivity index (χ1v) is 20.3. The molecule has 0 N–H and O–H groups in total. The molecule has 2 aliphatic heterocycles. The second-order valence-electron chi connectivity index (χ2n) is 15.2. The molecule has 1 atom stereocenters. The Bertz CT molecular complexity index is 1920. The summed E-state index contributed by atoms with van der Waals surface area (Å²) in [6.45, 7) is 11.1. The van der Waals surface area contributed by atoms with Gasteiger partial charge in [-0.15, -0.1) is 0 Å². The van der Waals surface area contributed by atoms with Crippen LogP contribution in [0.3, 0.4) is 0 Å². The van der Waals surface area contributed by atoms with Gasteiger partial charge in [-0.1, -0.05) is 73.7 Å². The maximum absolute atomic E-state index is 14.8. The topological polar surface area (TPSA) is 79.9 Å². The van der Waals surface area contributed by atoms with Crippen LogP contribution in [-0.2, 0) is 33.9 Å². The first kappa shape index (κ1) is 41.0.